The molecule has 0 heterocycles. The van der Waals surface area contributed by atoms with Gasteiger partial charge in [0.25, 0.3) is 5.91 Å². The van der Waals surface area contributed by atoms with Crippen LogP contribution < -0.4 is 10.1 Å². The summed E-state index contributed by atoms with van der Waals surface area (Å²) < 4.78 is 24.2. The number of methoxy groups -OCH3 is 1. The summed E-state index contributed by atoms with van der Waals surface area (Å²) in [5.74, 6) is -1.86. The second kappa shape index (κ2) is 10.2. The highest BCUT2D eigenvalue weighted by atomic mass is 19.1. The van der Waals surface area contributed by atoms with Crippen molar-refractivity contribution in [1.29, 1.82) is 5.41 Å². The second-order valence-corrected chi connectivity index (χ2v) is 10.1. The molecule has 0 radical (unpaired) electrons. The number of aliphatic hydroxyl groups is 1. The Labute approximate surface area is 199 Å². The van der Waals surface area contributed by atoms with Crippen LogP contribution in [-0.4, -0.2) is 30.5 Å². The Morgan fingerprint density at radius 1 is 1.06 bits per heavy atom. The van der Waals surface area contributed by atoms with Crippen LogP contribution in [0.5, 0.6) is 5.75 Å². The zero-order valence-corrected chi connectivity index (χ0v) is 20.8. The number of carbonyl (C=O) groups is 2. The summed E-state index contributed by atoms with van der Waals surface area (Å²) in [4.78, 5) is 25.0. The largest absolute Gasteiger partial charge is 0.513 e. The molecule has 3 N–H and O–H groups in total. The van der Waals surface area contributed by atoms with Gasteiger partial charge >= 0.3 is 6.16 Å². The third-order valence-corrected chi connectivity index (χ3v) is 5.34. The maximum absolute atomic E-state index is 14.2. The third-order valence-electron chi connectivity index (χ3n) is 5.34. The van der Waals surface area contributed by atoms with Crippen molar-refractivity contribution in [3.05, 3.63) is 58.1 Å². The number of anilines is 1. The van der Waals surface area contributed by atoms with Gasteiger partial charge in [-0.3, -0.25) is 4.79 Å². The number of hydrogen-bond acceptors (Lipinski definition) is 6. The number of aliphatic hydroxyl groups excluding tert-OH is 1. The zero-order valence-electron chi connectivity index (χ0n) is 20.8. The van der Waals surface area contributed by atoms with Gasteiger partial charge in [0.05, 0.1) is 12.7 Å². The Bertz CT molecular complexity index is 1090. The molecule has 1 amide bonds. The molecule has 34 heavy (non-hydrogen) atoms. The summed E-state index contributed by atoms with van der Waals surface area (Å²) >= 11 is 0. The fourth-order valence-corrected chi connectivity index (χ4v) is 3.54. The fourth-order valence-electron chi connectivity index (χ4n) is 3.54. The Morgan fingerprint density at radius 2 is 1.65 bits per heavy atom. The Morgan fingerprint density at radius 3 is 2.15 bits per heavy atom. The molecular formula is C26H33FN2O5. The van der Waals surface area contributed by atoms with Gasteiger partial charge in [0.1, 0.15) is 17.3 Å². The van der Waals surface area contributed by atoms with Gasteiger partial charge in [-0.05, 0) is 41.4 Å². The minimum Gasteiger partial charge on any atom is -0.506 e. The topological polar surface area (TPSA) is 109 Å². The molecule has 1 aliphatic rings. The van der Waals surface area contributed by atoms with Crippen LogP contribution in [0.25, 0.3) is 0 Å². The van der Waals surface area contributed by atoms with Crippen LogP contribution in [0.3, 0.4) is 0 Å². The van der Waals surface area contributed by atoms with Crippen LogP contribution in [0.2, 0.25) is 0 Å². The van der Waals surface area contributed by atoms with Crippen molar-refractivity contribution in [2.24, 2.45) is 0 Å². The first kappa shape index (κ1) is 26.8. The molecule has 0 spiro atoms. The number of benzene rings is 1. The molecule has 1 aliphatic carbocycles. The monoisotopic (exact) mass is 472 g/mol. The molecule has 0 unspecified atom stereocenters. The average Bonchev–Trinajstić information content (AvgIpc) is 2.72. The summed E-state index contributed by atoms with van der Waals surface area (Å²) in [6.07, 6.45) is 3.59. The number of hydrogen-bond donors (Lipinski definition) is 3. The molecule has 184 valence electrons. The number of halogens is 1. The van der Waals surface area contributed by atoms with Gasteiger partial charge in [-0.1, -0.05) is 47.6 Å². The van der Waals surface area contributed by atoms with Crippen molar-refractivity contribution < 1.29 is 28.6 Å². The number of allylic oxidation sites excluding steroid dienone is 3. The number of rotatable bonds is 5. The van der Waals surface area contributed by atoms with Crippen LogP contribution in [0.4, 0.5) is 14.9 Å². The van der Waals surface area contributed by atoms with Gasteiger partial charge in [0.15, 0.2) is 0 Å². The molecular weight excluding hydrogens is 439 g/mol. The molecule has 0 atom stereocenters. The Kier molecular flexibility index (Phi) is 8.08. The average molecular weight is 473 g/mol. The van der Waals surface area contributed by atoms with Crippen LogP contribution in [0, 0.1) is 5.41 Å². The molecule has 7 nitrogen and oxygen atoms in total. The number of nitrogens with one attached hydrogen (secondary N) is 2. The van der Waals surface area contributed by atoms with E-state index in [4.69, 9.17) is 10.1 Å². The van der Waals surface area contributed by atoms with Gasteiger partial charge in [-0.2, -0.15) is 0 Å². The Balaban J connectivity index is 2.63. The number of amides is 1. The van der Waals surface area contributed by atoms with Gasteiger partial charge in [0, 0.05) is 29.1 Å². The van der Waals surface area contributed by atoms with E-state index in [-0.39, 0.29) is 11.3 Å². The highest BCUT2D eigenvalue weighted by molar-refractivity contribution is 6.18. The number of carbonyl (C=O) groups excluding carboxylic acids is 2. The first-order valence-electron chi connectivity index (χ1n) is 11.0. The highest BCUT2D eigenvalue weighted by Gasteiger charge is 2.29. The quantitative estimate of drug-likeness (QED) is 0.151. The highest BCUT2D eigenvalue weighted by Crippen LogP contribution is 2.40. The van der Waals surface area contributed by atoms with E-state index in [1.165, 1.54) is 25.3 Å². The first-order chi connectivity index (χ1) is 15.7. The van der Waals surface area contributed by atoms with Crippen LogP contribution >= 0.6 is 0 Å². The van der Waals surface area contributed by atoms with Crippen molar-refractivity contribution in [1.82, 2.24) is 0 Å². The standard InChI is InChI=1S/C26H33FN2O5/c1-25(2,3)17-12-18(26(4,5)6)21(34-24(32)33-7)13-20(17)29-23(31)16(14-28)22(30)15-10-8-9-11-19(15)27/h10-14,28,30H,8-9H2,1-7H3,(H,29,31). The lowest BCUT2D eigenvalue weighted by Gasteiger charge is -2.29. The van der Waals surface area contributed by atoms with Crippen molar-refractivity contribution in [2.75, 3.05) is 12.4 Å². The molecule has 2 rings (SSSR count). The summed E-state index contributed by atoms with van der Waals surface area (Å²) in [5, 5.41) is 20.9. The van der Waals surface area contributed by atoms with E-state index in [1.807, 2.05) is 47.6 Å². The number of ether oxygens (including phenoxy) is 2. The van der Waals surface area contributed by atoms with E-state index in [0.29, 0.717) is 24.7 Å². The van der Waals surface area contributed by atoms with Crippen molar-refractivity contribution in [2.45, 2.75) is 65.2 Å². The molecule has 0 fully saturated rings. The second-order valence-electron chi connectivity index (χ2n) is 10.1. The smallest absolute Gasteiger partial charge is 0.506 e. The van der Waals surface area contributed by atoms with E-state index >= 15 is 0 Å². The van der Waals surface area contributed by atoms with Gasteiger partial charge in [-0.15, -0.1) is 0 Å². The predicted molar refractivity (Wildman–Crippen MR) is 130 cm³/mol. The zero-order chi connectivity index (χ0) is 25.8. The maximum atomic E-state index is 14.2. The molecule has 1 aromatic carbocycles. The summed E-state index contributed by atoms with van der Waals surface area (Å²) in [6.45, 7) is 11.8. The van der Waals surface area contributed by atoms with Crippen LogP contribution in [0.1, 0.15) is 65.5 Å². The molecule has 0 saturated carbocycles. The van der Waals surface area contributed by atoms with Crippen LogP contribution in [-0.2, 0) is 20.4 Å². The van der Waals surface area contributed by atoms with E-state index in [9.17, 15) is 19.1 Å². The van der Waals surface area contributed by atoms with Crippen molar-refractivity contribution in [3.63, 3.8) is 0 Å². The summed E-state index contributed by atoms with van der Waals surface area (Å²) in [6, 6.07) is 3.38. The van der Waals surface area contributed by atoms with Gasteiger partial charge in [0.2, 0.25) is 0 Å². The molecule has 0 bridgehead atoms. The van der Waals surface area contributed by atoms with Crippen molar-refractivity contribution in [3.8, 4) is 5.75 Å². The molecule has 1 aromatic rings. The summed E-state index contributed by atoms with van der Waals surface area (Å²) in [5.41, 5.74) is 0.456. The van der Waals surface area contributed by atoms with E-state index in [0.717, 1.165) is 11.1 Å². The van der Waals surface area contributed by atoms with Crippen molar-refractivity contribution >= 4 is 24.0 Å². The lowest BCUT2D eigenvalue weighted by Crippen LogP contribution is -2.24. The molecule has 0 aliphatic heterocycles. The predicted octanol–water partition coefficient (Wildman–Crippen LogP) is 6.40. The molecule has 0 saturated heterocycles. The first-order valence-corrected chi connectivity index (χ1v) is 11.0. The Hall–Kier alpha value is -3.42. The summed E-state index contributed by atoms with van der Waals surface area (Å²) in [7, 11) is 1.20. The van der Waals surface area contributed by atoms with Gasteiger partial charge in [-0.25, -0.2) is 9.18 Å². The SMILES string of the molecule is COC(=O)Oc1cc(NC(=O)C(C=N)=C(O)C2=CCCC=C2F)c(C(C)(C)C)cc1C(C)(C)C. The van der Waals surface area contributed by atoms with Gasteiger partial charge < -0.3 is 25.3 Å². The normalized spacial score (nSPS) is 14.9. The minimum absolute atomic E-state index is 0.117. The lowest BCUT2D eigenvalue weighted by atomic mass is 9.79. The third kappa shape index (κ3) is 6.12. The van der Waals surface area contributed by atoms with Crippen LogP contribution in [0.15, 0.2) is 47.0 Å². The van der Waals surface area contributed by atoms with E-state index < -0.39 is 40.1 Å². The minimum atomic E-state index is -0.907. The fraction of sp³-hybridized carbons (Fsp3) is 0.423. The van der Waals surface area contributed by atoms with E-state index in [1.54, 1.807) is 0 Å². The molecule has 8 heteroatoms. The maximum Gasteiger partial charge on any atom is 0.513 e. The lowest BCUT2D eigenvalue weighted by molar-refractivity contribution is -0.112. The molecule has 0 aromatic heterocycles. The van der Waals surface area contributed by atoms with E-state index in [2.05, 4.69) is 10.1 Å².